The number of fused-ring (bicyclic) bond motifs is 1. The highest BCUT2D eigenvalue weighted by Crippen LogP contribution is 2.21. The second-order valence-corrected chi connectivity index (χ2v) is 3.23. The Kier molecular flexibility index (Phi) is 1.34. The van der Waals surface area contributed by atoms with E-state index in [2.05, 4.69) is 29.5 Å². The minimum atomic E-state index is 0.664. The van der Waals surface area contributed by atoms with Crippen LogP contribution in [-0.4, -0.2) is 9.55 Å². The van der Waals surface area contributed by atoms with Gasteiger partial charge in [0.1, 0.15) is 5.82 Å². The summed E-state index contributed by atoms with van der Waals surface area (Å²) in [6, 6.07) is 0. The second kappa shape index (κ2) is 2.22. The van der Waals surface area contributed by atoms with Crippen molar-refractivity contribution in [1.82, 2.24) is 9.55 Å². The quantitative estimate of drug-likeness (QED) is 0.549. The lowest BCUT2D eigenvalue weighted by Crippen LogP contribution is -2.13. The molecule has 2 nitrogen and oxygen atoms in total. The third-order valence-corrected chi connectivity index (χ3v) is 2.35. The molecular formula is C9H12N2. The van der Waals surface area contributed by atoms with Gasteiger partial charge in [-0.15, -0.1) is 0 Å². The van der Waals surface area contributed by atoms with Gasteiger partial charge < -0.3 is 4.57 Å². The molecule has 58 valence electrons. The summed E-state index contributed by atoms with van der Waals surface area (Å²) in [4.78, 5) is 4.23. The molecule has 1 unspecified atom stereocenters. The fourth-order valence-electron chi connectivity index (χ4n) is 1.40. The molecule has 1 aromatic heterocycles. The topological polar surface area (TPSA) is 17.8 Å². The van der Waals surface area contributed by atoms with Crippen molar-refractivity contribution in [3.05, 3.63) is 23.8 Å². The van der Waals surface area contributed by atoms with Gasteiger partial charge in [-0.05, 0) is 18.9 Å². The van der Waals surface area contributed by atoms with Gasteiger partial charge in [0, 0.05) is 18.9 Å². The zero-order valence-corrected chi connectivity index (χ0v) is 6.91. The van der Waals surface area contributed by atoms with Crippen LogP contribution in [0.1, 0.15) is 19.7 Å². The number of hydrogen-bond donors (Lipinski definition) is 0. The van der Waals surface area contributed by atoms with Gasteiger partial charge >= 0.3 is 0 Å². The average Bonchev–Trinajstić information content (AvgIpc) is 2.36. The van der Waals surface area contributed by atoms with E-state index < -0.39 is 0 Å². The van der Waals surface area contributed by atoms with Gasteiger partial charge in [0.15, 0.2) is 0 Å². The summed E-state index contributed by atoms with van der Waals surface area (Å²) in [5, 5.41) is 0. The van der Waals surface area contributed by atoms with E-state index in [9.17, 15) is 0 Å². The van der Waals surface area contributed by atoms with Crippen molar-refractivity contribution in [2.24, 2.45) is 5.92 Å². The number of imidazole rings is 1. The Morgan fingerprint density at radius 3 is 3.27 bits per heavy atom. The van der Waals surface area contributed by atoms with Gasteiger partial charge in [-0.25, -0.2) is 4.98 Å². The van der Waals surface area contributed by atoms with Gasteiger partial charge in [-0.2, -0.15) is 0 Å². The number of allylic oxidation sites excluding steroid dienone is 1. The first-order chi connectivity index (χ1) is 5.27. The average molecular weight is 148 g/mol. The maximum absolute atomic E-state index is 4.23. The predicted molar refractivity (Wildman–Crippen MR) is 45.0 cm³/mol. The summed E-state index contributed by atoms with van der Waals surface area (Å²) in [5.41, 5.74) is 1.43. The summed E-state index contributed by atoms with van der Waals surface area (Å²) in [6.45, 7) is 5.50. The Bertz CT molecular complexity index is 296. The molecule has 2 rings (SSSR count). The first-order valence-corrected chi connectivity index (χ1v) is 3.96. The highest BCUT2D eigenvalue weighted by atomic mass is 15.1. The molecule has 11 heavy (non-hydrogen) atoms. The molecule has 0 bridgehead atoms. The van der Waals surface area contributed by atoms with Gasteiger partial charge in [0.25, 0.3) is 0 Å². The van der Waals surface area contributed by atoms with Crippen LogP contribution < -0.4 is 0 Å². The van der Waals surface area contributed by atoms with Crippen molar-refractivity contribution in [3.63, 3.8) is 0 Å². The van der Waals surface area contributed by atoms with Crippen molar-refractivity contribution >= 4 is 6.08 Å². The van der Waals surface area contributed by atoms with E-state index in [0.29, 0.717) is 5.92 Å². The normalized spacial score (nSPS) is 22.7. The fourth-order valence-corrected chi connectivity index (χ4v) is 1.40. The van der Waals surface area contributed by atoms with E-state index in [1.807, 2.05) is 12.4 Å². The largest absolute Gasteiger partial charge is 0.331 e. The number of rotatable bonds is 0. The van der Waals surface area contributed by atoms with Crippen LogP contribution in [0.4, 0.5) is 0 Å². The predicted octanol–water partition coefficient (Wildman–Crippen LogP) is 1.94. The van der Waals surface area contributed by atoms with E-state index in [1.165, 1.54) is 5.57 Å². The smallest absolute Gasteiger partial charge is 0.132 e. The van der Waals surface area contributed by atoms with Crippen molar-refractivity contribution < 1.29 is 0 Å². The van der Waals surface area contributed by atoms with Gasteiger partial charge in [0.2, 0.25) is 0 Å². The molecule has 0 saturated heterocycles. The number of aromatic nitrogens is 2. The molecule has 2 heterocycles. The lowest BCUT2D eigenvalue weighted by Gasteiger charge is -2.19. The fraction of sp³-hybridized carbons (Fsp3) is 0.444. The SMILES string of the molecule is CC1=Cc2nccn2CC1C. The monoisotopic (exact) mass is 148 g/mol. The van der Waals surface area contributed by atoms with Gasteiger partial charge in [-0.3, -0.25) is 0 Å². The Morgan fingerprint density at radius 2 is 2.45 bits per heavy atom. The standard InChI is InChI=1S/C9H12N2/c1-7-5-9-10-3-4-11(9)6-8(7)2/h3-5,8H,6H2,1-2H3. The van der Waals surface area contributed by atoms with Crippen molar-refractivity contribution in [2.75, 3.05) is 0 Å². The summed E-state index contributed by atoms with van der Waals surface area (Å²) in [5.74, 6) is 1.76. The van der Waals surface area contributed by atoms with Gasteiger partial charge in [-0.1, -0.05) is 12.5 Å². The van der Waals surface area contributed by atoms with Crippen LogP contribution in [0, 0.1) is 5.92 Å². The molecule has 0 amide bonds. The third kappa shape index (κ3) is 0.985. The molecular weight excluding hydrogens is 136 g/mol. The Balaban J connectivity index is 2.47. The van der Waals surface area contributed by atoms with Crippen molar-refractivity contribution in [3.8, 4) is 0 Å². The molecule has 1 aliphatic heterocycles. The van der Waals surface area contributed by atoms with E-state index >= 15 is 0 Å². The zero-order valence-electron chi connectivity index (χ0n) is 6.91. The molecule has 0 spiro atoms. The van der Waals surface area contributed by atoms with Crippen LogP contribution in [0.3, 0.4) is 0 Å². The molecule has 0 N–H and O–H groups in total. The van der Waals surface area contributed by atoms with Crippen molar-refractivity contribution in [2.45, 2.75) is 20.4 Å². The maximum Gasteiger partial charge on any atom is 0.132 e. The summed E-state index contributed by atoms with van der Waals surface area (Å²) < 4.78 is 2.19. The van der Waals surface area contributed by atoms with Crippen LogP contribution in [-0.2, 0) is 6.54 Å². The van der Waals surface area contributed by atoms with Crippen LogP contribution in [0.5, 0.6) is 0 Å². The minimum absolute atomic E-state index is 0.664. The lowest BCUT2D eigenvalue weighted by molar-refractivity contribution is 0.530. The number of hydrogen-bond acceptors (Lipinski definition) is 1. The van der Waals surface area contributed by atoms with Crippen LogP contribution in [0.15, 0.2) is 18.0 Å². The zero-order chi connectivity index (χ0) is 7.84. The molecule has 0 aliphatic carbocycles. The van der Waals surface area contributed by atoms with E-state index in [0.717, 1.165) is 12.4 Å². The number of nitrogens with zero attached hydrogens (tertiary/aromatic N) is 2. The molecule has 1 atom stereocenters. The lowest BCUT2D eigenvalue weighted by atomic mass is 10.00. The van der Waals surface area contributed by atoms with Crippen molar-refractivity contribution in [1.29, 1.82) is 0 Å². The molecule has 1 aliphatic rings. The molecule has 0 aromatic carbocycles. The Labute approximate surface area is 66.6 Å². The molecule has 0 fully saturated rings. The van der Waals surface area contributed by atoms with E-state index in [4.69, 9.17) is 0 Å². The van der Waals surface area contributed by atoms with Crippen LogP contribution >= 0.6 is 0 Å². The molecule has 0 radical (unpaired) electrons. The molecule has 2 heteroatoms. The molecule has 0 saturated carbocycles. The summed E-state index contributed by atoms with van der Waals surface area (Å²) in [6.07, 6.45) is 6.06. The van der Waals surface area contributed by atoms with E-state index in [1.54, 1.807) is 0 Å². The summed E-state index contributed by atoms with van der Waals surface area (Å²) >= 11 is 0. The van der Waals surface area contributed by atoms with Gasteiger partial charge in [0.05, 0.1) is 0 Å². The third-order valence-electron chi connectivity index (χ3n) is 2.35. The summed E-state index contributed by atoms with van der Waals surface area (Å²) in [7, 11) is 0. The van der Waals surface area contributed by atoms with Crippen LogP contribution in [0.25, 0.3) is 6.08 Å². The highest BCUT2D eigenvalue weighted by Gasteiger charge is 2.13. The Hall–Kier alpha value is -1.05. The first-order valence-electron chi connectivity index (χ1n) is 3.96. The molecule has 1 aromatic rings. The highest BCUT2D eigenvalue weighted by molar-refractivity contribution is 5.47. The Morgan fingerprint density at radius 1 is 1.64 bits per heavy atom. The minimum Gasteiger partial charge on any atom is -0.331 e. The maximum atomic E-state index is 4.23. The second-order valence-electron chi connectivity index (χ2n) is 3.23. The van der Waals surface area contributed by atoms with Crippen LogP contribution in [0.2, 0.25) is 0 Å². The first kappa shape index (κ1) is 6.65. The van der Waals surface area contributed by atoms with E-state index in [-0.39, 0.29) is 0 Å².